The van der Waals surface area contributed by atoms with Crippen LogP contribution in [0.1, 0.15) is 5.69 Å². The molecule has 0 atom stereocenters. The maximum atomic E-state index is 5.13. The van der Waals surface area contributed by atoms with E-state index in [2.05, 4.69) is 15.3 Å². The summed E-state index contributed by atoms with van der Waals surface area (Å²) in [6.07, 6.45) is 0. The molecule has 0 saturated heterocycles. The van der Waals surface area contributed by atoms with Crippen LogP contribution >= 0.6 is 0 Å². The predicted molar refractivity (Wildman–Crippen MR) is 71.3 cm³/mol. The second-order valence-electron chi connectivity index (χ2n) is 4.02. The first kappa shape index (κ1) is 14.7. The summed E-state index contributed by atoms with van der Waals surface area (Å²) in [5, 5.41) is 3.28. The summed E-state index contributed by atoms with van der Waals surface area (Å²) in [6, 6.07) is 1.81. The van der Waals surface area contributed by atoms with Gasteiger partial charge in [-0.25, -0.2) is 4.98 Å². The highest BCUT2D eigenvalue weighted by molar-refractivity contribution is 5.33. The first-order valence-corrected chi connectivity index (χ1v) is 5.98. The van der Waals surface area contributed by atoms with Gasteiger partial charge in [0.1, 0.15) is 0 Å². The molecule has 102 valence electrons. The molecule has 18 heavy (non-hydrogen) atoms. The molecule has 0 radical (unpaired) electrons. The lowest BCUT2D eigenvalue weighted by Crippen LogP contribution is -2.31. The molecule has 0 fully saturated rings. The molecule has 0 amide bonds. The molecule has 1 aromatic rings. The van der Waals surface area contributed by atoms with Crippen molar-refractivity contribution in [1.82, 2.24) is 15.3 Å². The fourth-order valence-electron chi connectivity index (χ4n) is 1.45. The van der Waals surface area contributed by atoms with Crippen molar-refractivity contribution in [2.75, 3.05) is 52.4 Å². The molecule has 0 aliphatic heterocycles. The van der Waals surface area contributed by atoms with Gasteiger partial charge >= 0.3 is 0 Å². The second kappa shape index (κ2) is 7.84. The maximum absolute atomic E-state index is 5.13. The second-order valence-corrected chi connectivity index (χ2v) is 4.02. The summed E-state index contributed by atoms with van der Waals surface area (Å²) >= 11 is 0. The number of nitrogens with one attached hydrogen (secondary N) is 1. The Balaban J connectivity index is 2.45. The minimum Gasteiger partial charge on any atom is -0.481 e. The Morgan fingerprint density at radius 2 is 2.06 bits per heavy atom. The topological polar surface area (TPSA) is 59.5 Å². The fraction of sp³-hybridized carbons (Fsp3) is 0.667. The van der Waals surface area contributed by atoms with E-state index in [1.807, 2.05) is 24.9 Å². The normalized spacial score (nSPS) is 10.4. The van der Waals surface area contributed by atoms with Gasteiger partial charge in [0.15, 0.2) is 0 Å². The Kier molecular flexibility index (Phi) is 6.38. The van der Waals surface area contributed by atoms with Gasteiger partial charge in [0.25, 0.3) is 0 Å². The number of methoxy groups -OCH3 is 2. The van der Waals surface area contributed by atoms with E-state index in [9.17, 15) is 0 Å². The number of likely N-dealkylation sites (N-methyl/N-ethyl adjacent to an activating group) is 1. The van der Waals surface area contributed by atoms with Gasteiger partial charge in [0.2, 0.25) is 11.8 Å². The molecule has 1 N–H and O–H groups in total. The Hall–Kier alpha value is -1.40. The number of rotatable bonds is 8. The van der Waals surface area contributed by atoms with Gasteiger partial charge in [-0.15, -0.1) is 0 Å². The van der Waals surface area contributed by atoms with Crippen molar-refractivity contribution in [1.29, 1.82) is 0 Å². The molecule has 1 heterocycles. The Bertz CT molecular complexity index is 360. The van der Waals surface area contributed by atoms with Crippen LogP contribution < -0.4 is 15.0 Å². The zero-order chi connectivity index (χ0) is 13.4. The quantitative estimate of drug-likeness (QED) is 0.680. The van der Waals surface area contributed by atoms with E-state index >= 15 is 0 Å². The van der Waals surface area contributed by atoms with E-state index in [4.69, 9.17) is 9.47 Å². The third kappa shape index (κ3) is 4.85. The molecule has 1 rings (SSSR count). The van der Waals surface area contributed by atoms with Gasteiger partial charge in [0.05, 0.1) is 13.7 Å². The molecule has 0 spiro atoms. The average molecular weight is 254 g/mol. The van der Waals surface area contributed by atoms with Gasteiger partial charge in [-0.2, -0.15) is 4.98 Å². The van der Waals surface area contributed by atoms with Gasteiger partial charge < -0.3 is 19.7 Å². The first-order chi connectivity index (χ1) is 8.67. The van der Waals surface area contributed by atoms with Gasteiger partial charge in [-0.1, -0.05) is 0 Å². The molecule has 0 saturated carbocycles. The van der Waals surface area contributed by atoms with E-state index in [-0.39, 0.29) is 0 Å². The molecule has 6 nitrogen and oxygen atoms in total. The highest BCUT2D eigenvalue weighted by Gasteiger charge is 2.07. The van der Waals surface area contributed by atoms with Crippen LogP contribution in [-0.2, 0) is 4.74 Å². The highest BCUT2D eigenvalue weighted by Crippen LogP contribution is 2.13. The molecule has 1 aromatic heterocycles. The van der Waals surface area contributed by atoms with Crippen molar-refractivity contribution >= 4 is 5.95 Å². The number of ether oxygens (including phenoxy) is 2. The SMILES string of the molecule is COCCNCCN(C)c1nc(C)cc(OC)n1. The summed E-state index contributed by atoms with van der Waals surface area (Å²) in [6.45, 7) is 5.19. The van der Waals surface area contributed by atoms with Crippen molar-refractivity contribution in [3.8, 4) is 5.88 Å². The smallest absolute Gasteiger partial charge is 0.228 e. The number of hydrogen-bond acceptors (Lipinski definition) is 6. The van der Waals surface area contributed by atoms with Gasteiger partial charge in [-0.3, -0.25) is 0 Å². The van der Waals surface area contributed by atoms with Gasteiger partial charge in [-0.05, 0) is 6.92 Å². The fourth-order valence-corrected chi connectivity index (χ4v) is 1.45. The van der Waals surface area contributed by atoms with Crippen molar-refractivity contribution in [3.05, 3.63) is 11.8 Å². The molecule has 6 heteroatoms. The Labute approximate surface area is 108 Å². The lowest BCUT2D eigenvalue weighted by atomic mass is 10.4. The minimum atomic E-state index is 0.594. The standard InChI is InChI=1S/C12H22N4O2/c1-10-9-11(18-4)15-12(14-10)16(2)7-5-13-6-8-17-3/h9,13H,5-8H2,1-4H3. The van der Waals surface area contributed by atoms with E-state index in [1.165, 1.54) is 0 Å². The monoisotopic (exact) mass is 254 g/mol. The molecule has 0 aliphatic rings. The lowest BCUT2D eigenvalue weighted by Gasteiger charge is -2.18. The van der Waals surface area contributed by atoms with Crippen LogP contribution in [-0.4, -0.2) is 57.5 Å². The van der Waals surface area contributed by atoms with Crippen LogP contribution in [0, 0.1) is 6.92 Å². The Morgan fingerprint density at radius 1 is 1.28 bits per heavy atom. The summed E-state index contributed by atoms with van der Waals surface area (Å²) < 4.78 is 10.1. The highest BCUT2D eigenvalue weighted by atomic mass is 16.5. The largest absolute Gasteiger partial charge is 0.481 e. The van der Waals surface area contributed by atoms with Gasteiger partial charge in [0, 0.05) is 45.6 Å². The van der Waals surface area contributed by atoms with Crippen molar-refractivity contribution in [2.24, 2.45) is 0 Å². The molecule has 0 bridgehead atoms. The predicted octanol–water partition coefficient (Wildman–Crippen LogP) is 0.466. The van der Waals surface area contributed by atoms with Crippen LogP contribution in [0.3, 0.4) is 0 Å². The van der Waals surface area contributed by atoms with Crippen LogP contribution in [0.2, 0.25) is 0 Å². The van der Waals surface area contributed by atoms with Crippen LogP contribution in [0.4, 0.5) is 5.95 Å². The molecule has 0 aromatic carbocycles. The molecule has 0 unspecified atom stereocenters. The van der Waals surface area contributed by atoms with E-state index in [0.29, 0.717) is 11.8 Å². The Morgan fingerprint density at radius 3 is 2.72 bits per heavy atom. The molecular weight excluding hydrogens is 232 g/mol. The number of anilines is 1. The third-order valence-corrected chi connectivity index (χ3v) is 2.48. The first-order valence-electron chi connectivity index (χ1n) is 5.98. The summed E-state index contributed by atoms with van der Waals surface area (Å²) in [5.41, 5.74) is 0.899. The van der Waals surface area contributed by atoms with E-state index in [1.54, 1.807) is 14.2 Å². The zero-order valence-electron chi connectivity index (χ0n) is 11.6. The van der Waals surface area contributed by atoms with Crippen molar-refractivity contribution in [2.45, 2.75) is 6.92 Å². The number of nitrogens with zero attached hydrogens (tertiary/aromatic N) is 3. The maximum Gasteiger partial charge on any atom is 0.228 e. The summed E-state index contributed by atoms with van der Waals surface area (Å²) in [5.74, 6) is 1.28. The summed E-state index contributed by atoms with van der Waals surface area (Å²) in [4.78, 5) is 10.7. The van der Waals surface area contributed by atoms with Crippen molar-refractivity contribution < 1.29 is 9.47 Å². The lowest BCUT2D eigenvalue weighted by molar-refractivity contribution is 0.200. The van der Waals surface area contributed by atoms with Crippen LogP contribution in [0.15, 0.2) is 6.07 Å². The third-order valence-electron chi connectivity index (χ3n) is 2.48. The van der Waals surface area contributed by atoms with Crippen LogP contribution in [0.5, 0.6) is 5.88 Å². The minimum absolute atomic E-state index is 0.594. The molecular formula is C12H22N4O2. The number of hydrogen-bond donors (Lipinski definition) is 1. The van der Waals surface area contributed by atoms with E-state index in [0.717, 1.165) is 31.9 Å². The number of aromatic nitrogens is 2. The van der Waals surface area contributed by atoms with Crippen molar-refractivity contribution in [3.63, 3.8) is 0 Å². The van der Waals surface area contributed by atoms with E-state index < -0.39 is 0 Å². The summed E-state index contributed by atoms with van der Waals surface area (Å²) in [7, 11) is 5.27. The zero-order valence-corrected chi connectivity index (χ0v) is 11.6. The number of aryl methyl sites for hydroxylation is 1. The average Bonchev–Trinajstić information content (AvgIpc) is 2.37. The van der Waals surface area contributed by atoms with Crippen LogP contribution in [0.25, 0.3) is 0 Å². The molecule has 0 aliphatic carbocycles.